The van der Waals surface area contributed by atoms with Gasteiger partial charge in [-0.25, -0.2) is 9.97 Å². The second-order valence-electron chi connectivity index (χ2n) is 8.56. The molecule has 3 rings (SSSR count). The lowest BCUT2D eigenvalue weighted by molar-refractivity contribution is -0.132. The lowest BCUT2D eigenvalue weighted by Gasteiger charge is -2.26. The highest BCUT2D eigenvalue weighted by molar-refractivity contribution is 7.19. The van der Waals surface area contributed by atoms with Gasteiger partial charge in [0, 0.05) is 36.5 Å². The maximum Gasteiger partial charge on any atom is 0.224 e. The summed E-state index contributed by atoms with van der Waals surface area (Å²) in [7, 11) is 0. The molecule has 0 saturated carbocycles. The van der Waals surface area contributed by atoms with E-state index in [1.54, 1.807) is 17.7 Å². The van der Waals surface area contributed by atoms with Gasteiger partial charge >= 0.3 is 0 Å². The van der Waals surface area contributed by atoms with Gasteiger partial charge in [0.2, 0.25) is 5.91 Å². The molecule has 0 saturated heterocycles. The van der Waals surface area contributed by atoms with Crippen LogP contribution in [0.15, 0.2) is 36.7 Å². The van der Waals surface area contributed by atoms with Crippen LogP contribution in [0.2, 0.25) is 0 Å². The van der Waals surface area contributed by atoms with Crippen LogP contribution in [0, 0.1) is 18.8 Å². The second-order valence-corrected chi connectivity index (χ2v) is 9.77. The Bertz CT molecular complexity index is 972. The Hall–Kier alpha value is -2.47. The van der Waals surface area contributed by atoms with Crippen molar-refractivity contribution in [1.29, 1.82) is 0 Å². The molecule has 1 N–H and O–H groups in total. The summed E-state index contributed by atoms with van der Waals surface area (Å²) in [4.78, 5) is 26.0. The lowest BCUT2D eigenvalue weighted by atomic mass is 10.0. The SMILES string of the molecule is Cc1sc2ncnc(NCCC(=O)N(CC(C)C)CC(C)C)c2c1-c1ccccc1. The zero-order valence-electron chi connectivity index (χ0n) is 18.6. The molecule has 5 nitrogen and oxygen atoms in total. The van der Waals surface area contributed by atoms with Gasteiger partial charge < -0.3 is 10.2 Å². The van der Waals surface area contributed by atoms with Gasteiger partial charge in [0.15, 0.2) is 0 Å². The van der Waals surface area contributed by atoms with Gasteiger partial charge in [-0.15, -0.1) is 11.3 Å². The van der Waals surface area contributed by atoms with Gasteiger partial charge in [-0.05, 0) is 24.3 Å². The Morgan fingerprint density at radius 2 is 1.73 bits per heavy atom. The molecule has 0 bridgehead atoms. The van der Waals surface area contributed by atoms with Gasteiger partial charge in [-0.3, -0.25) is 4.79 Å². The fourth-order valence-corrected chi connectivity index (χ4v) is 4.75. The maximum atomic E-state index is 12.8. The van der Waals surface area contributed by atoms with Crippen LogP contribution in [0.1, 0.15) is 39.0 Å². The van der Waals surface area contributed by atoms with Gasteiger partial charge in [-0.2, -0.15) is 0 Å². The minimum absolute atomic E-state index is 0.194. The molecule has 0 atom stereocenters. The Labute approximate surface area is 183 Å². The van der Waals surface area contributed by atoms with E-state index in [1.165, 1.54) is 10.4 Å². The zero-order chi connectivity index (χ0) is 21.7. The van der Waals surface area contributed by atoms with Crippen LogP contribution in [0.3, 0.4) is 0 Å². The number of aromatic nitrogens is 2. The topological polar surface area (TPSA) is 58.1 Å². The fourth-order valence-electron chi connectivity index (χ4n) is 3.74. The van der Waals surface area contributed by atoms with E-state index in [0.29, 0.717) is 24.8 Å². The van der Waals surface area contributed by atoms with E-state index in [-0.39, 0.29) is 5.91 Å². The van der Waals surface area contributed by atoms with Crippen molar-refractivity contribution in [2.24, 2.45) is 11.8 Å². The Balaban J connectivity index is 1.77. The molecule has 0 aliphatic carbocycles. The summed E-state index contributed by atoms with van der Waals surface area (Å²) in [5.74, 6) is 1.92. The summed E-state index contributed by atoms with van der Waals surface area (Å²) in [5.41, 5.74) is 2.33. The highest BCUT2D eigenvalue weighted by Crippen LogP contribution is 2.40. The van der Waals surface area contributed by atoms with Crippen molar-refractivity contribution in [2.45, 2.75) is 41.0 Å². The van der Waals surface area contributed by atoms with E-state index >= 15 is 0 Å². The van der Waals surface area contributed by atoms with Crippen molar-refractivity contribution in [2.75, 3.05) is 25.0 Å². The zero-order valence-corrected chi connectivity index (χ0v) is 19.4. The number of carbonyl (C=O) groups excluding carboxylic acids is 1. The van der Waals surface area contributed by atoms with E-state index in [1.807, 2.05) is 23.1 Å². The van der Waals surface area contributed by atoms with Crippen LogP contribution in [-0.2, 0) is 4.79 Å². The molecule has 2 heterocycles. The third kappa shape index (κ3) is 5.36. The van der Waals surface area contributed by atoms with Crippen molar-refractivity contribution in [3.8, 4) is 11.1 Å². The number of rotatable bonds is 9. The van der Waals surface area contributed by atoms with Crippen molar-refractivity contribution in [3.63, 3.8) is 0 Å². The first-order valence-corrected chi connectivity index (χ1v) is 11.5. The molecule has 160 valence electrons. The number of benzene rings is 1. The molecule has 1 amide bonds. The third-order valence-corrected chi connectivity index (χ3v) is 5.90. The number of thiophene rings is 1. The van der Waals surface area contributed by atoms with E-state index in [0.717, 1.165) is 34.7 Å². The number of carbonyl (C=O) groups is 1. The lowest BCUT2D eigenvalue weighted by Crippen LogP contribution is -2.37. The van der Waals surface area contributed by atoms with Crippen molar-refractivity contribution in [3.05, 3.63) is 41.5 Å². The average Bonchev–Trinajstić information content (AvgIpc) is 3.04. The average molecular weight is 425 g/mol. The Morgan fingerprint density at radius 1 is 1.07 bits per heavy atom. The highest BCUT2D eigenvalue weighted by Gasteiger charge is 2.18. The highest BCUT2D eigenvalue weighted by atomic mass is 32.1. The number of nitrogens with zero attached hydrogens (tertiary/aromatic N) is 3. The van der Waals surface area contributed by atoms with Crippen LogP contribution < -0.4 is 5.32 Å². The largest absolute Gasteiger partial charge is 0.369 e. The Kier molecular flexibility index (Phi) is 7.43. The predicted molar refractivity (Wildman–Crippen MR) is 127 cm³/mol. The first-order valence-electron chi connectivity index (χ1n) is 10.7. The minimum atomic E-state index is 0.194. The van der Waals surface area contributed by atoms with Gasteiger partial charge in [0.1, 0.15) is 17.0 Å². The van der Waals surface area contributed by atoms with E-state index in [9.17, 15) is 4.79 Å². The molecule has 0 unspecified atom stereocenters. The number of hydrogen-bond donors (Lipinski definition) is 1. The van der Waals surface area contributed by atoms with Crippen molar-refractivity contribution < 1.29 is 4.79 Å². The summed E-state index contributed by atoms with van der Waals surface area (Å²) < 4.78 is 0. The molecule has 0 spiro atoms. The molecule has 1 aromatic carbocycles. The summed E-state index contributed by atoms with van der Waals surface area (Å²) >= 11 is 1.68. The maximum absolute atomic E-state index is 12.8. The number of amides is 1. The molecular formula is C24H32N4OS. The van der Waals surface area contributed by atoms with Crippen LogP contribution in [-0.4, -0.2) is 40.4 Å². The molecule has 0 radical (unpaired) electrons. The number of anilines is 1. The summed E-state index contributed by atoms with van der Waals surface area (Å²) in [6.45, 7) is 12.9. The molecule has 3 aromatic rings. The quantitative estimate of drug-likeness (QED) is 0.485. The van der Waals surface area contributed by atoms with Crippen LogP contribution >= 0.6 is 11.3 Å². The van der Waals surface area contributed by atoms with E-state index in [4.69, 9.17) is 0 Å². The second kappa shape index (κ2) is 10.0. The molecular weight excluding hydrogens is 392 g/mol. The molecule has 2 aromatic heterocycles. The number of nitrogens with one attached hydrogen (secondary N) is 1. The standard InChI is InChI=1S/C24H32N4OS/c1-16(2)13-28(14-17(3)4)20(29)11-12-25-23-22-21(19-9-7-6-8-10-19)18(5)30-24(22)27-15-26-23/h6-10,15-17H,11-14H2,1-5H3,(H,25,26,27). The number of hydrogen-bond acceptors (Lipinski definition) is 5. The van der Waals surface area contributed by atoms with Crippen LogP contribution in [0.25, 0.3) is 21.3 Å². The summed E-state index contributed by atoms with van der Waals surface area (Å²) in [6, 6.07) is 10.3. The minimum Gasteiger partial charge on any atom is -0.369 e. The van der Waals surface area contributed by atoms with Gasteiger partial charge in [-0.1, -0.05) is 58.0 Å². The van der Waals surface area contributed by atoms with E-state index < -0.39 is 0 Å². The molecule has 6 heteroatoms. The van der Waals surface area contributed by atoms with Crippen LogP contribution in [0.5, 0.6) is 0 Å². The summed E-state index contributed by atoms with van der Waals surface area (Å²) in [5, 5.41) is 4.45. The fraction of sp³-hybridized carbons (Fsp3) is 0.458. The molecule has 0 aliphatic rings. The van der Waals surface area contributed by atoms with E-state index in [2.05, 4.69) is 62.0 Å². The monoisotopic (exact) mass is 424 g/mol. The molecule has 0 fully saturated rings. The Morgan fingerprint density at radius 3 is 2.37 bits per heavy atom. The number of aryl methyl sites for hydroxylation is 1. The van der Waals surface area contributed by atoms with Crippen LogP contribution in [0.4, 0.5) is 5.82 Å². The van der Waals surface area contributed by atoms with Gasteiger partial charge in [0.25, 0.3) is 0 Å². The first-order chi connectivity index (χ1) is 14.4. The predicted octanol–water partition coefficient (Wildman–Crippen LogP) is 5.61. The third-order valence-electron chi connectivity index (χ3n) is 4.88. The molecule has 30 heavy (non-hydrogen) atoms. The molecule has 0 aliphatic heterocycles. The van der Waals surface area contributed by atoms with Crippen molar-refractivity contribution in [1.82, 2.24) is 14.9 Å². The number of fused-ring (bicyclic) bond motifs is 1. The normalized spacial score (nSPS) is 11.4. The van der Waals surface area contributed by atoms with Gasteiger partial charge in [0.05, 0.1) is 5.39 Å². The smallest absolute Gasteiger partial charge is 0.224 e. The van der Waals surface area contributed by atoms with Crippen molar-refractivity contribution >= 4 is 33.3 Å². The first kappa shape index (κ1) is 22.2. The summed E-state index contributed by atoms with van der Waals surface area (Å²) in [6.07, 6.45) is 2.05.